The standard InChI is InChI=1S/C22H22ClFN4O4/c1-14-7-8-17(12-18(14)24)28-22(31)27(13-15-5-3-6-16(23)11-15)21(30)19(26-28)20(29)25-9-4-10-32-2/h3,5-8,11-12H,4,9-10,13H2,1-2H3,(H,25,29). The number of halogens is 2. The normalized spacial score (nSPS) is 10.9. The Hall–Kier alpha value is -3.30. The van der Waals surface area contributed by atoms with Gasteiger partial charge in [0, 0.05) is 31.4 Å². The van der Waals surface area contributed by atoms with E-state index in [0.29, 0.717) is 29.2 Å². The molecule has 0 aliphatic carbocycles. The van der Waals surface area contributed by atoms with Crippen LogP contribution in [0.15, 0.2) is 52.1 Å². The topological polar surface area (TPSA) is 95.2 Å². The maximum Gasteiger partial charge on any atom is 0.352 e. The number of rotatable bonds is 8. The second kappa shape index (κ2) is 10.3. The third kappa shape index (κ3) is 5.30. The molecule has 0 saturated heterocycles. The van der Waals surface area contributed by atoms with E-state index >= 15 is 0 Å². The summed E-state index contributed by atoms with van der Waals surface area (Å²) >= 11 is 6.02. The van der Waals surface area contributed by atoms with E-state index in [-0.39, 0.29) is 18.8 Å². The fourth-order valence-electron chi connectivity index (χ4n) is 3.00. The summed E-state index contributed by atoms with van der Waals surface area (Å²) in [6, 6.07) is 10.7. The predicted octanol–water partition coefficient (Wildman–Crippen LogP) is 2.31. The number of amides is 1. The summed E-state index contributed by atoms with van der Waals surface area (Å²) in [6.07, 6.45) is 0.530. The van der Waals surface area contributed by atoms with Crippen LogP contribution < -0.4 is 16.6 Å². The van der Waals surface area contributed by atoms with Crippen LogP contribution in [0.4, 0.5) is 4.39 Å². The van der Waals surface area contributed by atoms with Gasteiger partial charge >= 0.3 is 5.69 Å². The number of methoxy groups -OCH3 is 1. The van der Waals surface area contributed by atoms with E-state index in [1.54, 1.807) is 31.2 Å². The van der Waals surface area contributed by atoms with E-state index in [4.69, 9.17) is 16.3 Å². The molecule has 0 saturated carbocycles. The minimum absolute atomic E-state index is 0.0892. The van der Waals surface area contributed by atoms with E-state index in [9.17, 15) is 18.8 Å². The molecule has 1 amide bonds. The highest BCUT2D eigenvalue weighted by Gasteiger charge is 2.20. The van der Waals surface area contributed by atoms with Gasteiger partial charge in [0.05, 0.1) is 12.2 Å². The molecule has 8 nitrogen and oxygen atoms in total. The number of hydrogen-bond donors (Lipinski definition) is 1. The van der Waals surface area contributed by atoms with Gasteiger partial charge in [-0.2, -0.15) is 9.78 Å². The second-order valence-electron chi connectivity index (χ2n) is 7.10. The van der Waals surface area contributed by atoms with Crippen molar-refractivity contribution < 1.29 is 13.9 Å². The molecule has 0 unspecified atom stereocenters. The van der Waals surface area contributed by atoms with Gasteiger partial charge in [-0.05, 0) is 42.7 Å². The number of aryl methyl sites for hydroxylation is 1. The van der Waals surface area contributed by atoms with Crippen molar-refractivity contribution in [1.29, 1.82) is 0 Å². The largest absolute Gasteiger partial charge is 0.385 e. The predicted molar refractivity (Wildman–Crippen MR) is 118 cm³/mol. The van der Waals surface area contributed by atoms with E-state index in [1.165, 1.54) is 19.2 Å². The van der Waals surface area contributed by atoms with Gasteiger partial charge < -0.3 is 10.1 Å². The Labute approximate surface area is 188 Å². The van der Waals surface area contributed by atoms with Crippen molar-refractivity contribution in [2.24, 2.45) is 0 Å². The van der Waals surface area contributed by atoms with Crippen LogP contribution in [-0.4, -0.2) is 40.5 Å². The Balaban J connectivity index is 2.11. The van der Waals surface area contributed by atoms with E-state index < -0.39 is 28.7 Å². The average Bonchev–Trinajstić information content (AvgIpc) is 2.76. The molecule has 0 atom stereocenters. The zero-order valence-electron chi connectivity index (χ0n) is 17.6. The van der Waals surface area contributed by atoms with E-state index in [2.05, 4.69) is 10.4 Å². The van der Waals surface area contributed by atoms with Crippen LogP contribution in [0.1, 0.15) is 28.0 Å². The molecule has 0 fully saturated rings. The number of aromatic nitrogens is 3. The van der Waals surface area contributed by atoms with Gasteiger partial charge in [-0.1, -0.05) is 29.8 Å². The van der Waals surface area contributed by atoms with Crippen molar-refractivity contribution in [2.45, 2.75) is 19.9 Å². The monoisotopic (exact) mass is 460 g/mol. The maximum atomic E-state index is 14.1. The molecule has 3 rings (SSSR count). The molecule has 10 heteroatoms. The summed E-state index contributed by atoms with van der Waals surface area (Å²) < 4.78 is 20.8. The molecule has 3 aromatic rings. The summed E-state index contributed by atoms with van der Waals surface area (Å²) in [5, 5.41) is 6.99. The van der Waals surface area contributed by atoms with Crippen molar-refractivity contribution in [3.8, 4) is 5.69 Å². The van der Waals surface area contributed by atoms with Crippen LogP contribution in [0.25, 0.3) is 5.69 Å². The first-order chi connectivity index (χ1) is 15.3. The molecular weight excluding hydrogens is 439 g/mol. The number of carbonyl (C=O) groups is 1. The second-order valence-corrected chi connectivity index (χ2v) is 7.54. The number of nitrogens with zero attached hydrogens (tertiary/aromatic N) is 3. The van der Waals surface area contributed by atoms with Gasteiger partial charge in [0.15, 0.2) is 0 Å². The van der Waals surface area contributed by atoms with Gasteiger partial charge in [0.2, 0.25) is 5.69 Å². The Morgan fingerprint density at radius 3 is 2.69 bits per heavy atom. The molecule has 0 spiro atoms. The fraction of sp³-hybridized carbons (Fsp3) is 0.273. The zero-order chi connectivity index (χ0) is 23.3. The molecule has 32 heavy (non-hydrogen) atoms. The minimum atomic E-state index is -0.858. The first kappa shape index (κ1) is 23.4. The molecule has 1 aromatic heterocycles. The molecule has 0 bridgehead atoms. The number of ether oxygens (including phenoxy) is 1. The maximum absolute atomic E-state index is 14.1. The van der Waals surface area contributed by atoms with Gasteiger partial charge in [0.1, 0.15) is 5.82 Å². The molecule has 1 heterocycles. The lowest BCUT2D eigenvalue weighted by atomic mass is 10.2. The third-order valence-corrected chi connectivity index (χ3v) is 4.95. The molecule has 1 N–H and O–H groups in total. The zero-order valence-corrected chi connectivity index (χ0v) is 18.4. The summed E-state index contributed by atoms with van der Waals surface area (Å²) in [5.74, 6) is -1.29. The summed E-state index contributed by atoms with van der Waals surface area (Å²) in [7, 11) is 1.54. The summed E-state index contributed by atoms with van der Waals surface area (Å²) in [5.41, 5.74) is -1.10. The third-order valence-electron chi connectivity index (χ3n) is 4.72. The van der Waals surface area contributed by atoms with Crippen LogP contribution >= 0.6 is 11.6 Å². The van der Waals surface area contributed by atoms with Crippen molar-refractivity contribution in [3.05, 3.63) is 91.0 Å². The number of hydrogen-bond acceptors (Lipinski definition) is 5. The van der Waals surface area contributed by atoms with Crippen molar-refractivity contribution in [2.75, 3.05) is 20.3 Å². The highest BCUT2D eigenvalue weighted by molar-refractivity contribution is 6.30. The molecule has 0 radical (unpaired) electrons. The molecular formula is C22H22ClFN4O4. The number of carbonyl (C=O) groups excluding carboxylic acids is 1. The Kier molecular flexibility index (Phi) is 7.55. The van der Waals surface area contributed by atoms with Crippen LogP contribution in [0.5, 0.6) is 0 Å². The van der Waals surface area contributed by atoms with Gasteiger partial charge in [0.25, 0.3) is 11.5 Å². The quantitative estimate of drug-likeness (QED) is 0.520. The van der Waals surface area contributed by atoms with Crippen molar-refractivity contribution in [3.63, 3.8) is 0 Å². The van der Waals surface area contributed by atoms with Crippen LogP contribution in [0.3, 0.4) is 0 Å². The fourth-order valence-corrected chi connectivity index (χ4v) is 3.21. The smallest absolute Gasteiger partial charge is 0.352 e. The Morgan fingerprint density at radius 2 is 2.00 bits per heavy atom. The molecule has 0 aliphatic rings. The average molecular weight is 461 g/mol. The van der Waals surface area contributed by atoms with Crippen molar-refractivity contribution in [1.82, 2.24) is 19.7 Å². The van der Waals surface area contributed by atoms with Crippen molar-refractivity contribution >= 4 is 17.5 Å². The highest BCUT2D eigenvalue weighted by Crippen LogP contribution is 2.13. The summed E-state index contributed by atoms with van der Waals surface area (Å²) in [6.45, 7) is 2.11. The van der Waals surface area contributed by atoms with E-state index in [1.807, 2.05) is 0 Å². The highest BCUT2D eigenvalue weighted by atomic mass is 35.5. The summed E-state index contributed by atoms with van der Waals surface area (Å²) in [4.78, 5) is 38.8. The Bertz CT molecular complexity index is 1260. The molecule has 2 aromatic carbocycles. The van der Waals surface area contributed by atoms with Gasteiger partial charge in [-0.15, -0.1) is 0 Å². The lowest BCUT2D eigenvalue weighted by Gasteiger charge is -2.13. The van der Waals surface area contributed by atoms with E-state index in [0.717, 1.165) is 15.3 Å². The number of nitrogens with one attached hydrogen (secondary N) is 1. The van der Waals surface area contributed by atoms with Crippen LogP contribution in [-0.2, 0) is 11.3 Å². The number of benzene rings is 2. The van der Waals surface area contributed by atoms with Crippen LogP contribution in [0.2, 0.25) is 5.02 Å². The van der Waals surface area contributed by atoms with Crippen LogP contribution in [0, 0.1) is 12.7 Å². The van der Waals surface area contributed by atoms with Gasteiger partial charge in [-0.25, -0.2) is 9.18 Å². The lowest BCUT2D eigenvalue weighted by molar-refractivity contribution is 0.0938. The first-order valence-electron chi connectivity index (χ1n) is 9.84. The lowest BCUT2D eigenvalue weighted by Crippen LogP contribution is -2.46. The Morgan fingerprint density at radius 1 is 1.22 bits per heavy atom. The minimum Gasteiger partial charge on any atom is -0.385 e. The SMILES string of the molecule is COCCCNC(=O)c1nn(-c2ccc(C)c(F)c2)c(=O)n(Cc2cccc(Cl)c2)c1=O. The van der Waals surface area contributed by atoms with Gasteiger partial charge in [-0.3, -0.25) is 14.2 Å². The molecule has 0 aliphatic heterocycles. The first-order valence-corrected chi connectivity index (χ1v) is 10.2. The molecule has 168 valence electrons.